The standard InChI is InChI=1S/C31H42ClN7O3/c1-3-21-16-27(26-5-4-22(17-28(26)32)29-36-20(2)42-37-29)31(40)39(30(21)35-19-34-23-9-14-41-15-10-23)25-8-13-38(18-25)24-6-11-33-12-7-24/h3-5,16-17,23-25,29,33-35,37H,1,6-15,18-19H2,2H3. The van der Waals surface area contributed by atoms with Crippen molar-refractivity contribution in [2.75, 3.05) is 51.4 Å². The molecule has 3 fully saturated rings. The Kier molecular flexibility index (Phi) is 9.28. The second kappa shape index (κ2) is 13.3. The van der Waals surface area contributed by atoms with Crippen LogP contribution in [0.4, 0.5) is 5.82 Å². The van der Waals surface area contributed by atoms with Crippen LogP contribution in [0.25, 0.3) is 17.2 Å². The van der Waals surface area contributed by atoms with Gasteiger partial charge in [-0.3, -0.25) is 19.6 Å². The van der Waals surface area contributed by atoms with Crippen LogP contribution in [-0.2, 0) is 9.57 Å². The Bertz CT molecular complexity index is 1370. The monoisotopic (exact) mass is 595 g/mol. The van der Waals surface area contributed by atoms with Crippen LogP contribution < -0.4 is 27.0 Å². The lowest BCUT2D eigenvalue weighted by Gasteiger charge is -2.32. The first-order chi connectivity index (χ1) is 20.5. The third-order valence-corrected chi connectivity index (χ3v) is 9.28. The predicted molar refractivity (Wildman–Crippen MR) is 168 cm³/mol. The summed E-state index contributed by atoms with van der Waals surface area (Å²) in [4.78, 5) is 26.8. The Morgan fingerprint density at radius 3 is 2.64 bits per heavy atom. The first-order valence-electron chi connectivity index (χ1n) is 15.2. The van der Waals surface area contributed by atoms with E-state index in [0.717, 1.165) is 88.4 Å². The lowest BCUT2D eigenvalue weighted by Crippen LogP contribution is -2.42. The van der Waals surface area contributed by atoms with Crippen LogP contribution in [0, 0.1) is 0 Å². The molecular weight excluding hydrogens is 554 g/mol. The minimum absolute atomic E-state index is 0.0443. The second-order valence-corrected chi connectivity index (χ2v) is 12.0. The molecular formula is C31H42ClN7O3. The van der Waals surface area contributed by atoms with E-state index in [1.807, 2.05) is 34.9 Å². The summed E-state index contributed by atoms with van der Waals surface area (Å²) in [6.07, 6.45) is 6.68. The Balaban J connectivity index is 1.33. The quantitative estimate of drug-likeness (QED) is 0.324. The smallest absolute Gasteiger partial charge is 0.260 e. The van der Waals surface area contributed by atoms with Crippen molar-refractivity contribution in [1.29, 1.82) is 0 Å². The number of likely N-dealkylation sites (tertiary alicyclic amines) is 1. The molecule has 4 aliphatic rings. The van der Waals surface area contributed by atoms with Gasteiger partial charge in [-0.15, -0.1) is 5.48 Å². The fraction of sp³-hybridized carbons (Fsp3) is 0.548. The van der Waals surface area contributed by atoms with Crippen LogP contribution in [0.5, 0.6) is 0 Å². The van der Waals surface area contributed by atoms with Gasteiger partial charge in [0.25, 0.3) is 5.56 Å². The third-order valence-electron chi connectivity index (χ3n) is 8.96. The maximum atomic E-state index is 14.4. The molecule has 0 bridgehead atoms. The molecule has 4 N–H and O–H groups in total. The van der Waals surface area contributed by atoms with Crippen LogP contribution in [0.3, 0.4) is 0 Å². The Morgan fingerprint density at radius 2 is 1.93 bits per heavy atom. The van der Waals surface area contributed by atoms with Gasteiger partial charge in [0.2, 0.25) is 5.90 Å². The molecule has 2 aromatic rings. The van der Waals surface area contributed by atoms with Crippen molar-refractivity contribution in [3.63, 3.8) is 0 Å². The predicted octanol–water partition coefficient (Wildman–Crippen LogP) is 3.90. The molecule has 42 heavy (non-hydrogen) atoms. The first kappa shape index (κ1) is 29.3. The number of halogens is 1. The van der Waals surface area contributed by atoms with Crippen LogP contribution in [0.1, 0.15) is 62.4 Å². The highest BCUT2D eigenvalue weighted by molar-refractivity contribution is 6.33. The molecule has 0 aliphatic carbocycles. The number of benzene rings is 1. The average molecular weight is 596 g/mol. The number of ether oxygens (including phenoxy) is 1. The minimum Gasteiger partial charge on any atom is -0.391 e. The number of nitrogens with one attached hydrogen (secondary N) is 4. The summed E-state index contributed by atoms with van der Waals surface area (Å²) in [5.41, 5.74) is 5.87. The van der Waals surface area contributed by atoms with Gasteiger partial charge in [-0.25, -0.2) is 4.99 Å². The van der Waals surface area contributed by atoms with E-state index in [4.69, 9.17) is 21.2 Å². The van der Waals surface area contributed by atoms with Crippen molar-refractivity contribution in [2.24, 2.45) is 4.99 Å². The van der Waals surface area contributed by atoms with Crippen molar-refractivity contribution >= 4 is 29.4 Å². The molecule has 6 rings (SSSR count). The second-order valence-electron chi connectivity index (χ2n) is 11.6. The van der Waals surface area contributed by atoms with Crippen molar-refractivity contribution in [2.45, 2.75) is 63.3 Å². The number of aromatic nitrogens is 1. The van der Waals surface area contributed by atoms with Gasteiger partial charge >= 0.3 is 0 Å². The first-order valence-corrected chi connectivity index (χ1v) is 15.6. The van der Waals surface area contributed by atoms with Crippen LogP contribution >= 0.6 is 11.6 Å². The zero-order valence-electron chi connectivity index (χ0n) is 24.3. The van der Waals surface area contributed by atoms with E-state index in [1.54, 1.807) is 6.92 Å². The highest BCUT2D eigenvalue weighted by atomic mass is 35.5. The van der Waals surface area contributed by atoms with Crippen LogP contribution in [0.15, 0.2) is 40.6 Å². The number of nitrogens with zero attached hydrogens (tertiary/aromatic N) is 3. The maximum absolute atomic E-state index is 14.4. The van der Waals surface area contributed by atoms with Gasteiger partial charge < -0.3 is 20.2 Å². The summed E-state index contributed by atoms with van der Waals surface area (Å²) in [7, 11) is 0. The molecule has 1 aromatic heterocycles. The molecule has 1 aromatic carbocycles. The van der Waals surface area contributed by atoms with Gasteiger partial charge in [0.15, 0.2) is 6.17 Å². The molecule has 5 heterocycles. The van der Waals surface area contributed by atoms with Gasteiger partial charge in [0.1, 0.15) is 5.82 Å². The SMILES string of the molecule is C=Cc1cc(-c2ccc(C3N=C(C)ON3)cc2Cl)c(=O)n(C2CCN(C3CCNCC3)C2)c1NCNC1CCOCC1. The van der Waals surface area contributed by atoms with E-state index < -0.39 is 0 Å². The number of hydrogen-bond donors (Lipinski definition) is 4. The van der Waals surface area contributed by atoms with Crippen LogP contribution in [0.2, 0.25) is 5.02 Å². The molecule has 10 nitrogen and oxygen atoms in total. The average Bonchev–Trinajstić information content (AvgIpc) is 3.68. The molecule has 3 saturated heterocycles. The summed E-state index contributed by atoms with van der Waals surface area (Å²) in [5, 5.41) is 11.2. The molecule has 4 aliphatic heterocycles. The summed E-state index contributed by atoms with van der Waals surface area (Å²) in [6, 6.07) is 8.63. The summed E-state index contributed by atoms with van der Waals surface area (Å²) in [6.45, 7) is 12.0. The fourth-order valence-electron chi connectivity index (χ4n) is 6.64. The highest BCUT2D eigenvalue weighted by Crippen LogP contribution is 2.35. The van der Waals surface area contributed by atoms with E-state index in [2.05, 4.69) is 37.9 Å². The number of hydroxylamine groups is 1. The van der Waals surface area contributed by atoms with Gasteiger partial charge in [0, 0.05) is 67.0 Å². The van der Waals surface area contributed by atoms with E-state index in [0.29, 0.717) is 40.8 Å². The number of anilines is 1. The number of rotatable bonds is 9. The van der Waals surface area contributed by atoms with Gasteiger partial charge in [-0.2, -0.15) is 0 Å². The summed E-state index contributed by atoms with van der Waals surface area (Å²) < 4.78 is 7.49. The normalized spacial score (nSPS) is 24.0. The largest absolute Gasteiger partial charge is 0.391 e. The van der Waals surface area contributed by atoms with E-state index in [-0.39, 0.29) is 17.8 Å². The van der Waals surface area contributed by atoms with E-state index in [1.165, 1.54) is 0 Å². The molecule has 0 saturated carbocycles. The molecule has 11 heteroatoms. The van der Waals surface area contributed by atoms with Crippen molar-refractivity contribution in [1.82, 2.24) is 25.6 Å². The molecule has 226 valence electrons. The molecule has 0 radical (unpaired) electrons. The maximum Gasteiger partial charge on any atom is 0.260 e. The van der Waals surface area contributed by atoms with Gasteiger partial charge in [-0.05, 0) is 62.9 Å². The van der Waals surface area contributed by atoms with Crippen LogP contribution in [-0.4, -0.2) is 73.5 Å². The summed E-state index contributed by atoms with van der Waals surface area (Å²) in [5.74, 6) is 1.38. The lowest BCUT2D eigenvalue weighted by molar-refractivity contribution is 0.0786. The zero-order chi connectivity index (χ0) is 29.1. The fourth-order valence-corrected chi connectivity index (χ4v) is 6.93. The molecule has 2 atom stereocenters. The molecule has 0 spiro atoms. The number of hydrogen-bond acceptors (Lipinski definition) is 9. The van der Waals surface area contributed by atoms with E-state index >= 15 is 0 Å². The van der Waals surface area contributed by atoms with E-state index in [9.17, 15) is 4.79 Å². The Hall–Kier alpha value is -2.73. The Labute approximate surface area is 252 Å². The Morgan fingerprint density at radius 1 is 1.12 bits per heavy atom. The number of pyridine rings is 1. The van der Waals surface area contributed by atoms with Crippen molar-refractivity contribution in [3.05, 3.63) is 57.3 Å². The topological polar surface area (TPSA) is 104 Å². The van der Waals surface area contributed by atoms with Crippen molar-refractivity contribution < 1.29 is 9.57 Å². The van der Waals surface area contributed by atoms with Crippen molar-refractivity contribution in [3.8, 4) is 11.1 Å². The molecule has 2 unspecified atom stereocenters. The summed E-state index contributed by atoms with van der Waals surface area (Å²) >= 11 is 6.85. The third kappa shape index (κ3) is 6.29. The minimum atomic E-state index is -0.328. The lowest BCUT2D eigenvalue weighted by atomic mass is 10.0. The molecule has 0 amide bonds. The number of piperidine rings is 1. The number of aliphatic imine (C=N–C) groups is 1. The highest BCUT2D eigenvalue weighted by Gasteiger charge is 2.33. The van der Waals surface area contributed by atoms with Gasteiger partial charge in [0.05, 0.1) is 12.7 Å². The van der Waals surface area contributed by atoms with Gasteiger partial charge in [-0.1, -0.05) is 36.4 Å². The zero-order valence-corrected chi connectivity index (χ0v) is 25.1.